The summed E-state index contributed by atoms with van der Waals surface area (Å²) < 4.78 is 5.58. The molecule has 2 heteroatoms. The molecule has 0 saturated heterocycles. The molecule has 0 N–H and O–H groups in total. The van der Waals surface area contributed by atoms with Gasteiger partial charge in [0.05, 0.1) is 6.61 Å². The maximum Gasteiger partial charge on any atom is 0.119 e. The van der Waals surface area contributed by atoms with E-state index in [0.29, 0.717) is 0 Å². The van der Waals surface area contributed by atoms with E-state index in [0.717, 1.165) is 18.8 Å². The lowest BCUT2D eigenvalue weighted by atomic mass is 10.3. The third-order valence-corrected chi connectivity index (χ3v) is 2.88. The molecule has 0 atom stereocenters. The maximum atomic E-state index is 5.58. The summed E-state index contributed by atoms with van der Waals surface area (Å²) in [7, 11) is 0. The van der Waals surface area contributed by atoms with Gasteiger partial charge in [0.2, 0.25) is 0 Å². The fourth-order valence-corrected chi connectivity index (χ4v) is 1.85. The largest absolute Gasteiger partial charge is 0.494 e. The smallest absolute Gasteiger partial charge is 0.119 e. The summed E-state index contributed by atoms with van der Waals surface area (Å²) in [6, 6.07) is 10.0. The normalized spacial score (nSPS) is 10.1. The van der Waals surface area contributed by atoms with E-state index in [1.807, 2.05) is 42.1 Å². The van der Waals surface area contributed by atoms with Gasteiger partial charge in [-0.15, -0.1) is 0 Å². The first-order chi connectivity index (χ1) is 6.93. The Labute approximate surface area is 90.9 Å². The first-order valence-corrected chi connectivity index (χ1v) is 6.34. The fourth-order valence-electron chi connectivity index (χ4n) is 1.16. The Balaban J connectivity index is 1.99. The van der Waals surface area contributed by atoms with Crippen LogP contribution in [0.3, 0.4) is 0 Å². The van der Waals surface area contributed by atoms with Gasteiger partial charge in [0.25, 0.3) is 0 Å². The molecule has 0 radical (unpaired) electrons. The molecule has 0 unspecified atom stereocenters. The Morgan fingerprint density at radius 3 is 2.64 bits per heavy atom. The summed E-state index contributed by atoms with van der Waals surface area (Å²) in [6.07, 6.45) is 2.41. The van der Waals surface area contributed by atoms with E-state index in [4.69, 9.17) is 4.74 Å². The van der Waals surface area contributed by atoms with Gasteiger partial charge in [-0.3, -0.25) is 0 Å². The molecular formula is C12H18OS. The van der Waals surface area contributed by atoms with Crippen molar-refractivity contribution in [3.05, 3.63) is 30.3 Å². The molecule has 14 heavy (non-hydrogen) atoms. The number of thioether (sulfide) groups is 1. The molecule has 1 aromatic carbocycles. The lowest BCUT2D eigenvalue weighted by Gasteiger charge is -2.04. The number of hydrogen-bond acceptors (Lipinski definition) is 2. The van der Waals surface area contributed by atoms with Crippen molar-refractivity contribution in [3.8, 4) is 5.75 Å². The van der Waals surface area contributed by atoms with Gasteiger partial charge in [-0.05, 0) is 36.5 Å². The van der Waals surface area contributed by atoms with Crippen LogP contribution in [0.4, 0.5) is 0 Å². The van der Waals surface area contributed by atoms with Crippen molar-refractivity contribution in [2.45, 2.75) is 19.8 Å². The van der Waals surface area contributed by atoms with Crippen LogP contribution in [0, 0.1) is 0 Å². The van der Waals surface area contributed by atoms with Gasteiger partial charge in [0, 0.05) is 0 Å². The molecule has 0 bridgehead atoms. The molecule has 0 heterocycles. The molecule has 0 aliphatic carbocycles. The summed E-state index contributed by atoms with van der Waals surface area (Å²) in [5.41, 5.74) is 0. The Morgan fingerprint density at radius 2 is 1.93 bits per heavy atom. The molecule has 1 nitrogen and oxygen atoms in total. The summed E-state index contributed by atoms with van der Waals surface area (Å²) in [5.74, 6) is 3.46. The molecule has 1 rings (SSSR count). The van der Waals surface area contributed by atoms with Crippen LogP contribution in [0.25, 0.3) is 0 Å². The van der Waals surface area contributed by atoms with Crippen LogP contribution in [0.15, 0.2) is 30.3 Å². The van der Waals surface area contributed by atoms with Crippen LogP contribution in [-0.2, 0) is 0 Å². The van der Waals surface area contributed by atoms with Crippen molar-refractivity contribution in [1.29, 1.82) is 0 Å². The quantitative estimate of drug-likeness (QED) is 0.636. The summed E-state index contributed by atoms with van der Waals surface area (Å²) in [4.78, 5) is 0. The number of unbranched alkanes of at least 4 members (excludes halogenated alkanes) is 1. The van der Waals surface area contributed by atoms with Crippen molar-refractivity contribution in [2.75, 3.05) is 18.1 Å². The average molecular weight is 210 g/mol. The predicted octanol–water partition coefficient (Wildman–Crippen LogP) is 3.60. The van der Waals surface area contributed by atoms with Crippen molar-refractivity contribution < 1.29 is 4.74 Å². The molecule has 0 spiro atoms. The van der Waals surface area contributed by atoms with Gasteiger partial charge in [-0.1, -0.05) is 25.1 Å². The van der Waals surface area contributed by atoms with E-state index < -0.39 is 0 Å². The highest BCUT2D eigenvalue weighted by molar-refractivity contribution is 7.99. The zero-order valence-electron chi connectivity index (χ0n) is 8.74. The zero-order valence-corrected chi connectivity index (χ0v) is 9.56. The van der Waals surface area contributed by atoms with Crippen molar-refractivity contribution in [1.82, 2.24) is 0 Å². The van der Waals surface area contributed by atoms with Crippen LogP contribution in [0.1, 0.15) is 19.8 Å². The SMILES string of the molecule is CCSCCCCOc1ccccc1. The number of hydrogen-bond donors (Lipinski definition) is 0. The molecule has 0 aliphatic heterocycles. The van der Waals surface area contributed by atoms with Crippen LogP contribution in [0.2, 0.25) is 0 Å². The van der Waals surface area contributed by atoms with Crippen LogP contribution in [-0.4, -0.2) is 18.1 Å². The van der Waals surface area contributed by atoms with Crippen LogP contribution < -0.4 is 4.74 Å². The minimum absolute atomic E-state index is 0.842. The second kappa shape index (κ2) is 7.74. The number of benzene rings is 1. The van der Waals surface area contributed by atoms with Crippen LogP contribution >= 0.6 is 11.8 Å². The summed E-state index contributed by atoms with van der Waals surface area (Å²) >= 11 is 2.00. The monoisotopic (exact) mass is 210 g/mol. The molecule has 0 saturated carbocycles. The second-order valence-corrected chi connectivity index (χ2v) is 4.46. The third-order valence-electron chi connectivity index (χ3n) is 1.90. The highest BCUT2D eigenvalue weighted by Gasteiger charge is 1.91. The van der Waals surface area contributed by atoms with Crippen molar-refractivity contribution in [3.63, 3.8) is 0 Å². The highest BCUT2D eigenvalue weighted by atomic mass is 32.2. The molecular weight excluding hydrogens is 192 g/mol. The van der Waals surface area contributed by atoms with E-state index in [1.165, 1.54) is 17.9 Å². The molecule has 1 aromatic rings. The van der Waals surface area contributed by atoms with E-state index in [9.17, 15) is 0 Å². The average Bonchev–Trinajstić information content (AvgIpc) is 2.25. The maximum absolute atomic E-state index is 5.58. The molecule has 0 aromatic heterocycles. The first kappa shape index (κ1) is 11.4. The number of para-hydroxylation sites is 1. The number of rotatable bonds is 7. The van der Waals surface area contributed by atoms with Gasteiger partial charge in [-0.25, -0.2) is 0 Å². The standard InChI is InChI=1S/C12H18OS/c1-2-14-11-7-6-10-13-12-8-4-3-5-9-12/h3-5,8-9H,2,6-7,10-11H2,1H3. The zero-order chi connectivity index (χ0) is 10.1. The summed E-state index contributed by atoms with van der Waals surface area (Å²) in [5, 5.41) is 0. The Kier molecular flexibility index (Phi) is 6.33. The Hall–Kier alpha value is -0.630. The molecule has 78 valence electrons. The fraction of sp³-hybridized carbons (Fsp3) is 0.500. The van der Waals surface area contributed by atoms with E-state index >= 15 is 0 Å². The van der Waals surface area contributed by atoms with Gasteiger partial charge in [0.15, 0.2) is 0 Å². The van der Waals surface area contributed by atoms with E-state index in [-0.39, 0.29) is 0 Å². The van der Waals surface area contributed by atoms with E-state index in [1.54, 1.807) is 0 Å². The lowest BCUT2D eigenvalue weighted by Crippen LogP contribution is -1.97. The molecule has 0 aliphatic rings. The predicted molar refractivity (Wildman–Crippen MR) is 64.2 cm³/mol. The summed E-state index contributed by atoms with van der Waals surface area (Å²) in [6.45, 7) is 3.04. The Morgan fingerprint density at radius 1 is 1.14 bits per heavy atom. The topological polar surface area (TPSA) is 9.23 Å². The van der Waals surface area contributed by atoms with Crippen molar-refractivity contribution in [2.24, 2.45) is 0 Å². The third kappa shape index (κ3) is 5.18. The molecule has 0 fully saturated rings. The van der Waals surface area contributed by atoms with Gasteiger partial charge in [0.1, 0.15) is 5.75 Å². The van der Waals surface area contributed by atoms with E-state index in [2.05, 4.69) is 6.92 Å². The lowest BCUT2D eigenvalue weighted by molar-refractivity contribution is 0.310. The van der Waals surface area contributed by atoms with Gasteiger partial charge in [-0.2, -0.15) is 11.8 Å². The first-order valence-electron chi connectivity index (χ1n) is 5.19. The van der Waals surface area contributed by atoms with Crippen LogP contribution in [0.5, 0.6) is 5.75 Å². The van der Waals surface area contributed by atoms with Gasteiger partial charge < -0.3 is 4.74 Å². The highest BCUT2D eigenvalue weighted by Crippen LogP contribution is 2.09. The molecule has 0 amide bonds. The second-order valence-electron chi connectivity index (χ2n) is 3.07. The number of ether oxygens (including phenoxy) is 1. The minimum Gasteiger partial charge on any atom is -0.494 e. The Bertz CT molecular complexity index is 223. The minimum atomic E-state index is 0.842. The van der Waals surface area contributed by atoms with Gasteiger partial charge >= 0.3 is 0 Å². The van der Waals surface area contributed by atoms with Crippen molar-refractivity contribution >= 4 is 11.8 Å².